The van der Waals surface area contributed by atoms with E-state index in [0.29, 0.717) is 6.61 Å². The molecule has 2 rings (SSSR count). The predicted molar refractivity (Wildman–Crippen MR) is 98.6 cm³/mol. The van der Waals surface area contributed by atoms with Gasteiger partial charge in [-0.1, -0.05) is 58.3 Å². The van der Waals surface area contributed by atoms with Gasteiger partial charge in [0.1, 0.15) is 13.7 Å². The van der Waals surface area contributed by atoms with Gasteiger partial charge in [-0.05, 0) is 38.8 Å². The van der Waals surface area contributed by atoms with Gasteiger partial charge in [-0.3, -0.25) is 0 Å². The van der Waals surface area contributed by atoms with Crippen molar-refractivity contribution in [3.63, 3.8) is 0 Å². The second kappa shape index (κ2) is 8.29. The molecule has 4 nitrogen and oxygen atoms in total. The molecule has 24 heavy (non-hydrogen) atoms. The Morgan fingerprint density at radius 3 is 2.29 bits per heavy atom. The van der Waals surface area contributed by atoms with Gasteiger partial charge in [0, 0.05) is 11.1 Å². The Kier molecular flexibility index (Phi) is 6.13. The predicted octanol–water partition coefficient (Wildman–Crippen LogP) is 4.61. The Hall–Kier alpha value is -2.62. The summed E-state index contributed by atoms with van der Waals surface area (Å²) in [7, 11) is 1.55. The van der Waals surface area contributed by atoms with Crippen LogP contribution in [-0.2, 0) is 16.3 Å². The normalized spacial score (nSPS) is 12.2. The monoisotopic (exact) mass is 324 g/mol. The van der Waals surface area contributed by atoms with Crippen LogP contribution in [0.25, 0.3) is 0 Å². The molecule has 0 spiro atoms. The molecule has 0 saturated carbocycles. The van der Waals surface area contributed by atoms with Crippen molar-refractivity contribution in [2.75, 3.05) is 7.11 Å². The third-order valence-corrected chi connectivity index (χ3v) is 3.91. The molecular formula is C20H24N2O2. The van der Waals surface area contributed by atoms with Gasteiger partial charge < -0.3 is 9.68 Å². The van der Waals surface area contributed by atoms with E-state index in [9.17, 15) is 0 Å². The molecule has 0 unspecified atom stereocenters. The molecule has 0 heterocycles. The second-order valence-corrected chi connectivity index (χ2v) is 5.78. The molecule has 0 atom stereocenters. The first-order valence-electron chi connectivity index (χ1n) is 7.93. The lowest BCUT2D eigenvalue weighted by atomic mass is 10.00. The van der Waals surface area contributed by atoms with Crippen LogP contribution in [-0.4, -0.2) is 18.5 Å². The first-order valence-corrected chi connectivity index (χ1v) is 7.93. The van der Waals surface area contributed by atoms with Crippen LogP contribution in [0, 0.1) is 13.8 Å². The quantitative estimate of drug-likeness (QED) is 0.575. The van der Waals surface area contributed by atoms with Gasteiger partial charge in [0.2, 0.25) is 0 Å². The van der Waals surface area contributed by atoms with Crippen LogP contribution in [0.3, 0.4) is 0 Å². The summed E-state index contributed by atoms with van der Waals surface area (Å²) < 4.78 is 0. The maximum atomic E-state index is 5.61. The van der Waals surface area contributed by atoms with E-state index in [2.05, 4.69) is 42.4 Å². The number of hydrogen-bond acceptors (Lipinski definition) is 4. The molecule has 0 bridgehead atoms. The maximum Gasteiger partial charge on any atom is 0.143 e. The zero-order chi connectivity index (χ0) is 17.5. The molecule has 0 amide bonds. The molecule has 0 aliphatic rings. The molecule has 2 aromatic rings. The summed E-state index contributed by atoms with van der Waals surface area (Å²) >= 11 is 0. The Labute approximate surface area is 143 Å². The molecule has 0 aliphatic carbocycles. The topological polar surface area (TPSA) is 43.2 Å². The second-order valence-electron chi connectivity index (χ2n) is 5.78. The standard InChI is InChI=1S/C20H24N2O2/c1-14-9-11-18(12-10-14)16(3)22-24-13-20-15(2)7-6-8-19(20)17(4)21-23-5/h6-12H,13H2,1-5H3/b21-17-,22-16+. The van der Waals surface area contributed by atoms with Crippen molar-refractivity contribution < 1.29 is 9.68 Å². The van der Waals surface area contributed by atoms with E-state index in [1.165, 1.54) is 5.56 Å². The molecule has 0 aromatic heterocycles. The molecule has 2 aromatic carbocycles. The number of rotatable bonds is 6. The maximum absolute atomic E-state index is 5.61. The van der Waals surface area contributed by atoms with Crippen molar-refractivity contribution in [1.29, 1.82) is 0 Å². The van der Waals surface area contributed by atoms with Gasteiger partial charge in [0.15, 0.2) is 0 Å². The Morgan fingerprint density at radius 1 is 0.917 bits per heavy atom. The SMILES string of the molecule is CO/N=C(/C)c1cccc(C)c1CO/N=C(\C)c1ccc(C)cc1. The van der Waals surface area contributed by atoms with Crippen molar-refractivity contribution in [3.05, 3.63) is 70.3 Å². The summed E-state index contributed by atoms with van der Waals surface area (Å²) in [5.74, 6) is 0. The van der Waals surface area contributed by atoms with Crippen LogP contribution in [0.15, 0.2) is 52.8 Å². The average molecular weight is 324 g/mol. The molecule has 4 heteroatoms. The fourth-order valence-corrected chi connectivity index (χ4v) is 2.46. The highest BCUT2D eigenvalue weighted by Crippen LogP contribution is 2.17. The van der Waals surface area contributed by atoms with Crippen molar-refractivity contribution in [1.82, 2.24) is 0 Å². The largest absolute Gasteiger partial charge is 0.399 e. The Bertz CT molecular complexity index is 747. The molecule has 0 saturated heterocycles. The highest BCUT2D eigenvalue weighted by atomic mass is 16.6. The third-order valence-electron chi connectivity index (χ3n) is 3.91. The van der Waals surface area contributed by atoms with E-state index < -0.39 is 0 Å². The molecule has 126 valence electrons. The molecular weight excluding hydrogens is 300 g/mol. The lowest BCUT2D eigenvalue weighted by molar-refractivity contribution is 0.130. The Morgan fingerprint density at radius 2 is 1.62 bits per heavy atom. The van der Waals surface area contributed by atoms with E-state index in [-0.39, 0.29) is 0 Å². The highest BCUT2D eigenvalue weighted by Gasteiger charge is 2.09. The van der Waals surface area contributed by atoms with E-state index in [4.69, 9.17) is 9.68 Å². The highest BCUT2D eigenvalue weighted by molar-refractivity contribution is 6.00. The van der Waals surface area contributed by atoms with Gasteiger partial charge in [-0.25, -0.2) is 0 Å². The van der Waals surface area contributed by atoms with Crippen molar-refractivity contribution >= 4 is 11.4 Å². The molecule has 0 radical (unpaired) electrons. The van der Waals surface area contributed by atoms with E-state index in [0.717, 1.165) is 33.7 Å². The van der Waals surface area contributed by atoms with E-state index >= 15 is 0 Å². The summed E-state index contributed by atoms with van der Waals surface area (Å²) in [4.78, 5) is 10.5. The van der Waals surface area contributed by atoms with E-state index in [1.54, 1.807) is 7.11 Å². The van der Waals surface area contributed by atoms with Crippen molar-refractivity contribution in [2.45, 2.75) is 34.3 Å². The fourth-order valence-electron chi connectivity index (χ4n) is 2.46. The molecule has 0 fully saturated rings. The number of oxime groups is 2. The van der Waals surface area contributed by atoms with Gasteiger partial charge >= 0.3 is 0 Å². The lowest BCUT2D eigenvalue weighted by Gasteiger charge is -2.11. The number of benzene rings is 2. The van der Waals surface area contributed by atoms with Gasteiger partial charge in [-0.15, -0.1) is 0 Å². The minimum Gasteiger partial charge on any atom is -0.399 e. The van der Waals surface area contributed by atoms with Crippen LogP contribution >= 0.6 is 0 Å². The summed E-state index contributed by atoms with van der Waals surface area (Å²) in [6.45, 7) is 8.38. The third kappa shape index (κ3) is 4.44. The summed E-state index contributed by atoms with van der Waals surface area (Å²) in [5, 5.41) is 8.27. The van der Waals surface area contributed by atoms with Crippen LogP contribution in [0.2, 0.25) is 0 Å². The van der Waals surface area contributed by atoms with Crippen LogP contribution in [0.1, 0.15) is 41.7 Å². The number of aryl methyl sites for hydroxylation is 2. The van der Waals surface area contributed by atoms with Crippen molar-refractivity contribution in [3.8, 4) is 0 Å². The number of nitrogens with zero attached hydrogens (tertiary/aromatic N) is 2. The smallest absolute Gasteiger partial charge is 0.143 e. The first-order chi connectivity index (χ1) is 11.5. The molecule has 0 N–H and O–H groups in total. The van der Waals surface area contributed by atoms with Gasteiger partial charge in [0.25, 0.3) is 0 Å². The van der Waals surface area contributed by atoms with Crippen LogP contribution in [0.4, 0.5) is 0 Å². The van der Waals surface area contributed by atoms with Crippen LogP contribution < -0.4 is 0 Å². The van der Waals surface area contributed by atoms with Crippen molar-refractivity contribution in [2.24, 2.45) is 10.3 Å². The van der Waals surface area contributed by atoms with Gasteiger partial charge in [-0.2, -0.15) is 0 Å². The van der Waals surface area contributed by atoms with Crippen LogP contribution in [0.5, 0.6) is 0 Å². The number of hydrogen-bond donors (Lipinski definition) is 0. The lowest BCUT2D eigenvalue weighted by Crippen LogP contribution is -2.05. The summed E-state index contributed by atoms with van der Waals surface area (Å²) in [5.41, 5.74) is 7.18. The molecule has 0 aliphatic heterocycles. The minimum absolute atomic E-state index is 0.391. The summed E-state index contributed by atoms with van der Waals surface area (Å²) in [6.07, 6.45) is 0. The first kappa shape index (κ1) is 17.7. The average Bonchev–Trinajstić information content (AvgIpc) is 2.57. The van der Waals surface area contributed by atoms with E-state index in [1.807, 2.05) is 38.1 Å². The Balaban J connectivity index is 2.16. The zero-order valence-electron chi connectivity index (χ0n) is 15.0. The summed E-state index contributed by atoms with van der Waals surface area (Å²) in [6, 6.07) is 14.3. The minimum atomic E-state index is 0.391. The zero-order valence-corrected chi connectivity index (χ0v) is 15.0. The van der Waals surface area contributed by atoms with Gasteiger partial charge in [0.05, 0.1) is 11.4 Å². The fraction of sp³-hybridized carbons (Fsp3) is 0.300.